The number of likely N-dealkylation sites (N-methyl/N-ethyl adjacent to an activating group) is 2. The second kappa shape index (κ2) is 10.8. The number of aromatic nitrogens is 2. The van der Waals surface area contributed by atoms with E-state index in [0.717, 1.165) is 11.0 Å². The zero-order valence-corrected chi connectivity index (χ0v) is 24.2. The van der Waals surface area contributed by atoms with Crippen molar-refractivity contribution in [1.29, 1.82) is 0 Å². The summed E-state index contributed by atoms with van der Waals surface area (Å²) in [5.41, 5.74) is -3.18. The van der Waals surface area contributed by atoms with Gasteiger partial charge in [0.05, 0.1) is 0 Å². The van der Waals surface area contributed by atoms with Crippen LogP contribution in [0.1, 0.15) is 53.1 Å². The summed E-state index contributed by atoms with van der Waals surface area (Å²) in [6, 6.07) is 2.27. The van der Waals surface area contributed by atoms with Crippen LogP contribution in [0.2, 0.25) is 0 Å². The Labute approximate surface area is 236 Å². The van der Waals surface area contributed by atoms with Gasteiger partial charge in [-0.15, -0.1) is 0 Å². The lowest BCUT2D eigenvalue weighted by molar-refractivity contribution is -0.155. The van der Waals surface area contributed by atoms with E-state index in [1.54, 1.807) is 0 Å². The summed E-state index contributed by atoms with van der Waals surface area (Å²) in [4.78, 5) is 61.8. The smallest absolute Gasteiger partial charge is 0.312 e. The summed E-state index contributed by atoms with van der Waals surface area (Å²) in [6.07, 6.45) is 1.96. The molecule has 222 valence electrons. The third kappa shape index (κ3) is 5.18. The molecule has 0 saturated heterocycles. The summed E-state index contributed by atoms with van der Waals surface area (Å²) in [7, 11) is 8.25. The maximum absolute atomic E-state index is 14.5. The van der Waals surface area contributed by atoms with Crippen molar-refractivity contribution >= 4 is 17.7 Å². The van der Waals surface area contributed by atoms with Crippen LogP contribution in [0.4, 0.5) is 8.78 Å². The Balaban J connectivity index is 1.81. The van der Waals surface area contributed by atoms with Crippen LogP contribution in [0.5, 0.6) is 5.75 Å². The number of nitrogens with zero attached hydrogens (tertiary/aromatic N) is 5. The second-order valence-electron chi connectivity index (χ2n) is 11.7. The molecule has 3 amide bonds. The van der Waals surface area contributed by atoms with Gasteiger partial charge in [-0.3, -0.25) is 23.7 Å². The number of hydrogen-bond acceptors (Lipinski definition) is 7. The predicted octanol–water partition coefficient (Wildman–Crippen LogP) is 1.34. The van der Waals surface area contributed by atoms with Gasteiger partial charge in [0, 0.05) is 57.3 Å². The summed E-state index contributed by atoms with van der Waals surface area (Å²) >= 11 is 0. The second-order valence-corrected chi connectivity index (χ2v) is 11.7. The Kier molecular flexibility index (Phi) is 7.96. The van der Waals surface area contributed by atoms with Crippen LogP contribution in [0, 0.1) is 24.0 Å². The molecule has 41 heavy (non-hydrogen) atoms. The molecular formula is C28H36F2N6O5. The van der Waals surface area contributed by atoms with E-state index in [4.69, 9.17) is 0 Å². The molecular weight excluding hydrogens is 538 g/mol. The molecule has 2 aliphatic heterocycles. The third-order valence-electron chi connectivity index (χ3n) is 8.44. The van der Waals surface area contributed by atoms with Gasteiger partial charge in [0.25, 0.3) is 11.5 Å². The number of benzene rings is 1. The van der Waals surface area contributed by atoms with E-state index in [0.29, 0.717) is 32.2 Å². The molecule has 13 heteroatoms. The average molecular weight is 575 g/mol. The highest BCUT2D eigenvalue weighted by molar-refractivity contribution is 6.34. The number of hydrogen-bond donors (Lipinski definition) is 2. The van der Waals surface area contributed by atoms with Gasteiger partial charge in [-0.2, -0.15) is 0 Å². The number of aromatic hydroxyl groups is 1. The molecule has 1 aromatic carbocycles. The molecule has 5 rings (SSSR count). The minimum atomic E-state index is -1.20. The van der Waals surface area contributed by atoms with Gasteiger partial charge in [0.15, 0.2) is 5.69 Å². The van der Waals surface area contributed by atoms with Crippen molar-refractivity contribution < 1.29 is 28.3 Å². The first-order valence-corrected chi connectivity index (χ1v) is 13.3. The first-order chi connectivity index (χ1) is 19.1. The molecule has 0 atom stereocenters. The van der Waals surface area contributed by atoms with E-state index in [1.807, 2.05) is 19.0 Å². The van der Waals surface area contributed by atoms with Crippen molar-refractivity contribution in [1.82, 2.24) is 29.6 Å². The van der Waals surface area contributed by atoms with Gasteiger partial charge >= 0.3 is 11.8 Å². The van der Waals surface area contributed by atoms with E-state index in [2.05, 4.69) is 10.3 Å². The Morgan fingerprint density at radius 3 is 2.27 bits per heavy atom. The molecule has 3 heterocycles. The van der Waals surface area contributed by atoms with Gasteiger partial charge < -0.3 is 25.1 Å². The van der Waals surface area contributed by atoms with Crippen LogP contribution in [0.3, 0.4) is 0 Å². The van der Waals surface area contributed by atoms with Crippen molar-refractivity contribution in [3.05, 3.63) is 56.8 Å². The Hall–Kier alpha value is -3.87. The largest absolute Gasteiger partial charge is 0.501 e. The number of halogens is 2. The normalized spacial score (nSPS) is 21.3. The minimum absolute atomic E-state index is 0.0106. The number of nitrogens with one attached hydrogen (secondary N) is 1. The van der Waals surface area contributed by atoms with E-state index in [9.17, 15) is 33.1 Å². The Bertz CT molecular complexity index is 1460. The maximum Gasteiger partial charge on any atom is 0.312 e. The molecule has 2 aromatic rings. The lowest BCUT2D eigenvalue weighted by atomic mass is 9.67. The molecule has 11 nitrogen and oxygen atoms in total. The van der Waals surface area contributed by atoms with Gasteiger partial charge in [0.2, 0.25) is 5.75 Å². The molecule has 1 aliphatic carbocycles. The van der Waals surface area contributed by atoms with E-state index in [-0.39, 0.29) is 35.5 Å². The van der Waals surface area contributed by atoms with E-state index >= 15 is 0 Å². The minimum Gasteiger partial charge on any atom is -0.501 e. The van der Waals surface area contributed by atoms with Crippen LogP contribution in [-0.4, -0.2) is 88.9 Å². The number of carbonyl (C=O) groups excluding carboxylic acids is 3. The zero-order chi connectivity index (χ0) is 30.4. The number of amides is 3. The average Bonchev–Trinajstić information content (AvgIpc) is 3.15. The molecule has 1 fully saturated rings. The van der Waals surface area contributed by atoms with Crippen molar-refractivity contribution in [2.45, 2.75) is 51.2 Å². The van der Waals surface area contributed by atoms with Gasteiger partial charge in [-0.25, -0.2) is 13.8 Å². The zero-order valence-electron chi connectivity index (χ0n) is 24.2. The standard InChI is InChI=1S/C28H36F2N6O5/c1-16-18(29)8-7-17(19(16)30)13-31-22(38)20-21(37)23(39)36-15-27(14-33(2)3)9-11-28(12-10-27,26(36)32-20)35(6)25(41)24(40)34(4)5/h7-8,37H,9-15H2,1-6H3,(H,31,38). The van der Waals surface area contributed by atoms with E-state index < -0.39 is 51.9 Å². The quantitative estimate of drug-likeness (QED) is 0.499. The van der Waals surface area contributed by atoms with Gasteiger partial charge in [-0.1, -0.05) is 6.07 Å². The molecule has 3 aliphatic rings. The molecule has 1 saturated carbocycles. The topological polar surface area (TPSA) is 128 Å². The Morgan fingerprint density at radius 2 is 1.68 bits per heavy atom. The maximum atomic E-state index is 14.5. The predicted molar refractivity (Wildman–Crippen MR) is 145 cm³/mol. The fourth-order valence-electron chi connectivity index (χ4n) is 6.12. The number of carbonyl (C=O) groups is 3. The molecule has 2 bridgehead atoms. The van der Waals surface area contributed by atoms with E-state index in [1.165, 1.54) is 43.6 Å². The third-order valence-corrected chi connectivity index (χ3v) is 8.44. The van der Waals surface area contributed by atoms with Crippen molar-refractivity contribution in [3.8, 4) is 5.75 Å². The van der Waals surface area contributed by atoms with Gasteiger partial charge in [-0.05, 0) is 52.8 Å². The van der Waals surface area contributed by atoms with Crippen LogP contribution in [0.15, 0.2) is 16.9 Å². The highest BCUT2D eigenvalue weighted by atomic mass is 19.1. The highest BCUT2D eigenvalue weighted by Gasteiger charge is 2.54. The fourth-order valence-corrected chi connectivity index (χ4v) is 6.12. The van der Waals surface area contributed by atoms with Crippen LogP contribution < -0.4 is 10.9 Å². The first kappa shape index (κ1) is 30.1. The fraction of sp³-hybridized carbons (Fsp3) is 0.536. The molecule has 2 N–H and O–H groups in total. The first-order valence-electron chi connectivity index (χ1n) is 13.3. The van der Waals surface area contributed by atoms with Crippen LogP contribution in [0.25, 0.3) is 0 Å². The van der Waals surface area contributed by atoms with Crippen molar-refractivity contribution in [2.75, 3.05) is 41.8 Å². The van der Waals surface area contributed by atoms with Crippen LogP contribution >= 0.6 is 0 Å². The number of rotatable bonds is 6. The molecule has 0 spiro atoms. The molecule has 1 aromatic heterocycles. The van der Waals surface area contributed by atoms with Crippen LogP contribution in [-0.2, 0) is 28.2 Å². The SMILES string of the molecule is Cc1c(F)ccc(CNC(=O)c2nc3n(c(=O)c2O)CC2(CN(C)C)CCC3(N(C)C(=O)C(=O)N(C)C)CC2)c1F. The van der Waals surface area contributed by atoms with Crippen molar-refractivity contribution in [3.63, 3.8) is 0 Å². The lowest BCUT2D eigenvalue weighted by Gasteiger charge is -2.47. The summed E-state index contributed by atoms with van der Waals surface area (Å²) < 4.78 is 29.5. The Morgan fingerprint density at radius 1 is 1.05 bits per heavy atom. The summed E-state index contributed by atoms with van der Waals surface area (Å²) in [6.45, 7) is 1.76. The monoisotopic (exact) mass is 574 g/mol. The molecule has 0 radical (unpaired) electrons. The number of fused-ring (bicyclic) bond motifs is 2. The molecule has 0 unspecified atom stereocenters. The van der Waals surface area contributed by atoms with Gasteiger partial charge in [0.1, 0.15) is 23.0 Å². The lowest BCUT2D eigenvalue weighted by Crippen LogP contribution is -2.55. The summed E-state index contributed by atoms with van der Waals surface area (Å²) in [5.74, 6) is -4.81. The van der Waals surface area contributed by atoms with Crippen molar-refractivity contribution in [2.24, 2.45) is 5.41 Å². The summed E-state index contributed by atoms with van der Waals surface area (Å²) in [5, 5.41) is 13.3. The highest BCUT2D eigenvalue weighted by Crippen LogP contribution is 2.52.